The van der Waals surface area contributed by atoms with E-state index in [0.717, 1.165) is 0 Å². The lowest BCUT2D eigenvalue weighted by atomic mass is 10.4. The van der Waals surface area contributed by atoms with Gasteiger partial charge in [0.15, 0.2) is 0 Å². The summed E-state index contributed by atoms with van der Waals surface area (Å²) in [5, 5.41) is 15.8. The van der Waals surface area contributed by atoms with Crippen molar-refractivity contribution < 1.29 is 48.3 Å². The van der Waals surface area contributed by atoms with Crippen molar-refractivity contribution in [3.63, 3.8) is 0 Å². The average Bonchev–Trinajstić information content (AvgIpc) is 3.60. The smallest absolute Gasteiger partial charge is 0.333 e. The third-order valence-electron chi connectivity index (χ3n) is 3.03. The zero-order valence-corrected chi connectivity index (χ0v) is 19.0. The van der Waals surface area contributed by atoms with Crippen LogP contribution in [0.3, 0.4) is 0 Å². The summed E-state index contributed by atoms with van der Waals surface area (Å²) in [5.41, 5.74) is 1.21. The largest absolute Gasteiger partial charge is 0.478 e. The van der Waals surface area contributed by atoms with Crippen LogP contribution in [0.1, 0.15) is 27.7 Å². The van der Waals surface area contributed by atoms with Crippen molar-refractivity contribution in [1.29, 1.82) is 0 Å². The van der Waals surface area contributed by atoms with E-state index in [1.165, 1.54) is 13.8 Å². The highest BCUT2D eigenvalue weighted by molar-refractivity contribution is 5.87. The van der Waals surface area contributed by atoms with Gasteiger partial charge in [0.2, 0.25) is 0 Å². The molecule has 32 heavy (non-hydrogen) atoms. The molecule has 2 saturated heterocycles. The first-order valence-corrected chi connectivity index (χ1v) is 9.35. The van der Waals surface area contributed by atoms with Crippen molar-refractivity contribution in [3.8, 4) is 0 Å². The maximum Gasteiger partial charge on any atom is 0.333 e. The number of hydrogen-bond acceptors (Lipinski definition) is 8. The summed E-state index contributed by atoms with van der Waals surface area (Å²) in [5.74, 6) is -2.55. The molecule has 0 aromatic heterocycles. The summed E-state index contributed by atoms with van der Waals surface area (Å²) in [6, 6.07) is 0. The van der Waals surface area contributed by atoms with Crippen molar-refractivity contribution in [2.75, 3.05) is 26.4 Å². The van der Waals surface area contributed by atoms with Crippen molar-refractivity contribution >= 4 is 23.9 Å². The van der Waals surface area contributed by atoms with Crippen molar-refractivity contribution in [1.82, 2.24) is 0 Å². The van der Waals surface area contributed by atoms with Crippen LogP contribution < -0.4 is 0 Å². The molecule has 2 aliphatic rings. The lowest BCUT2D eigenvalue weighted by Gasteiger charge is -1.99. The molecular formula is C22H32O10. The number of carboxylic acids is 2. The second kappa shape index (κ2) is 16.5. The van der Waals surface area contributed by atoms with Crippen LogP contribution in [0.25, 0.3) is 0 Å². The number of epoxide rings is 2. The Morgan fingerprint density at radius 2 is 0.906 bits per heavy atom. The average molecular weight is 456 g/mol. The number of carbonyl (C=O) groups is 4. The number of carbonyl (C=O) groups excluding carboxylic acids is 2. The first kappa shape index (κ1) is 30.9. The highest BCUT2D eigenvalue weighted by Crippen LogP contribution is 2.09. The fourth-order valence-corrected chi connectivity index (χ4v) is 0.912. The molecule has 0 bridgehead atoms. The van der Waals surface area contributed by atoms with E-state index < -0.39 is 11.9 Å². The van der Waals surface area contributed by atoms with Gasteiger partial charge >= 0.3 is 23.9 Å². The molecule has 2 heterocycles. The van der Waals surface area contributed by atoms with Crippen LogP contribution in [0.4, 0.5) is 0 Å². The molecular weight excluding hydrogens is 424 g/mol. The molecule has 2 aliphatic heterocycles. The molecule has 10 heteroatoms. The zero-order chi connectivity index (χ0) is 25.4. The Hall–Kier alpha value is -3.24. The van der Waals surface area contributed by atoms with Gasteiger partial charge in [-0.15, -0.1) is 0 Å². The van der Waals surface area contributed by atoms with E-state index in [4.69, 9.17) is 29.2 Å². The topological polar surface area (TPSA) is 152 Å². The zero-order valence-electron chi connectivity index (χ0n) is 19.0. The summed E-state index contributed by atoms with van der Waals surface area (Å²) in [7, 11) is 0. The Morgan fingerprint density at radius 3 is 1.03 bits per heavy atom. The first-order valence-electron chi connectivity index (χ1n) is 9.35. The van der Waals surface area contributed by atoms with Crippen LogP contribution in [0.5, 0.6) is 0 Å². The van der Waals surface area contributed by atoms with E-state index in [0.29, 0.717) is 37.6 Å². The highest BCUT2D eigenvalue weighted by atomic mass is 16.6. The standard InChI is InChI=1S/2C7H10O3.2C4H6O2/c2*1-5(2)7(8)10-4-6-3-9-6;2*1-3(2)4(5)6/h2*6H,1,3-4H2,2H3;2*1H2,2H3,(H,5,6). The minimum Gasteiger partial charge on any atom is -0.478 e. The van der Waals surface area contributed by atoms with Crippen LogP contribution in [-0.4, -0.2) is 72.7 Å². The number of aliphatic carboxylic acids is 2. The number of hydrogen-bond donors (Lipinski definition) is 2. The summed E-state index contributed by atoms with van der Waals surface area (Å²) in [6.45, 7) is 21.5. The second-order valence-electron chi connectivity index (χ2n) is 6.84. The Morgan fingerprint density at radius 1 is 0.688 bits per heavy atom. The second-order valence-corrected chi connectivity index (χ2v) is 6.84. The van der Waals surface area contributed by atoms with Crippen LogP contribution in [0, 0.1) is 0 Å². The first-order chi connectivity index (χ1) is 14.7. The van der Waals surface area contributed by atoms with Crippen molar-refractivity contribution in [2.45, 2.75) is 39.9 Å². The number of rotatable bonds is 8. The molecule has 2 atom stereocenters. The van der Waals surface area contributed by atoms with Gasteiger partial charge < -0.3 is 29.2 Å². The minimum atomic E-state index is -0.935. The summed E-state index contributed by atoms with van der Waals surface area (Å²) in [4.78, 5) is 40.6. The van der Waals surface area contributed by atoms with Crippen molar-refractivity contribution in [2.24, 2.45) is 0 Å². The molecule has 2 N–H and O–H groups in total. The lowest BCUT2D eigenvalue weighted by Crippen LogP contribution is -2.09. The van der Waals surface area contributed by atoms with Gasteiger partial charge in [-0.1, -0.05) is 26.3 Å². The number of ether oxygens (including phenoxy) is 4. The van der Waals surface area contributed by atoms with E-state index in [2.05, 4.69) is 26.3 Å². The molecule has 2 unspecified atom stereocenters. The van der Waals surface area contributed by atoms with E-state index in [9.17, 15) is 19.2 Å². The fourth-order valence-electron chi connectivity index (χ4n) is 0.912. The van der Waals surface area contributed by atoms with Gasteiger partial charge in [0.25, 0.3) is 0 Å². The number of esters is 2. The van der Waals surface area contributed by atoms with Crippen LogP contribution in [0.15, 0.2) is 48.6 Å². The molecule has 180 valence electrons. The quantitative estimate of drug-likeness (QED) is 0.316. The van der Waals surface area contributed by atoms with Crippen molar-refractivity contribution in [3.05, 3.63) is 48.6 Å². The highest BCUT2D eigenvalue weighted by Gasteiger charge is 2.24. The monoisotopic (exact) mass is 456 g/mol. The van der Waals surface area contributed by atoms with E-state index in [1.54, 1.807) is 13.8 Å². The van der Waals surface area contributed by atoms with Gasteiger partial charge in [0, 0.05) is 22.3 Å². The van der Waals surface area contributed by atoms with E-state index in [1.807, 2.05) is 0 Å². The third kappa shape index (κ3) is 21.5. The SMILES string of the molecule is C=C(C)C(=O)O.C=C(C)C(=O)O.C=C(C)C(=O)OCC1CO1.C=C(C)C(=O)OCC1CO1. The van der Waals surface area contributed by atoms with Gasteiger partial charge in [0.1, 0.15) is 25.4 Å². The van der Waals surface area contributed by atoms with Crippen LogP contribution >= 0.6 is 0 Å². The molecule has 0 aromatic carbocycles. The number of carboxylic acid groups (broad SMARTS) is 2. The molecule has 0 aromatic rings. The van der Waals surface area contributed by atoms with E-state index >= 15 is 0 Å². The Kier molecular flexibility index (Phi) is 15.9. The fraction of sp³-hybridized carbons (Fsp3) is 0.455. The predicted octanol–water partition coefficient (Wildman–Crippen LogP) is 2.30. The molecule has 0 radical (unpaired) electrons. The normalized spacial score (nSPS) is 16.5. The maximum absolute atomic E-state index is 10.7. The molecule has 0 saturated carbocycles. The van der Waals surface area contributed by atoms with Gasteiger partial charge in [-0.25, -0.2) is 19.2 Å². The van der Waals surface area contributed by atoms with Gasteiger partial charge in [-0.05, 0) is 27.7 Å². The predicted molar refractivity (Wildman–Crippen MR) is 116 cm³/mol. The summed E-state index contributed by atoms with van der Waals surface area (Å²) >= 11 is 0. The Labute approximate surface area is 187 Å². The van der Waals surface area contributed by atoms with Gasteiger partial charge in [-0.2, -0.15) is 0 Å². The van der Waals surface area contributed by atoms with Crippen LogP contribution in [-0.2, 0) is 38.1 Å². The lowest BCUT2D eigenvalue weighted by molar-refractivity contribution is -0.140. The third-order valence-corrected chi connectivity index (χ3v) is 3.03. The summed E-state index contributed by atoms with van der Waals surface area (Å²) < 4.78 is 19.2. The molecule has 0 spiro atoms. The molecule has 10 nitrogen and oxygen atoms in total. The Bertz CT molecular complexity index is 641. The molecule has 2 fully saturated rings. The van der Waals surface area contributed by atoms with E-state index in [-0.39, 0.29) is 35.3 Å². The van der Waals surface area contributed by atoms with Gasteiger partial charge in [0.05, 0.1) is 13.2 Å². The van der Waals surface area contributed by atoms with Crippen LogP contribution in [0.2, 0.25) is 0 Å². The molecule has 2 rings (SSSR count). The molecule has 0 amide bonds. The maximum atomic E-state index is 10.7. The summed E-state index contributed by atoms with van der Waals surface area (Å²) in [6.07, 6.45) is 0.284. The minimum absolute atomic E-state index is 0.142. The Balaban J connectivity index is 0. The molecule has 0 aliphatic carbocycles. The van der Waals surface area contributed by atoms with Gasteiger partial charge in [-0.3, -0.25) is 0 Å².